The molecular weight excluding hydrogens is 422 g/mol. The molecule has 0 aliphatic carbocycles. The third kappa shape index (κ3) is 1.76. The van der Waals surface area contributed by atoms with Crippen molar-refractivity contribution in [3.8, 4) is 46.0 Å². The van der Waals surface area contributed by atoms with Crippen LogP contribution < -0.4 is 11.1 Å². The van der Waals surface area contributed by atoms with Crippen LogP contribution in [0.4, 0.5) is 0 Å². The normalized spacial score (nSPS) is 12.0. The van der Waals surface area contributed by atoms with E-state index in [-0.39, 0.29) is 0 Å². The van der Waals surface area contributed by atoms with Crippen molar-refractivity contribution in [2.45, 2.75) is 0 Å². The molecule has 5 rings (SSSR count). The van der Waals surface area contributed by atoms with E-state index in [0.29, 0.717) is 0 Å². The SMILES string of the molecule is O=c1c2c(O)c(O)c3oc4c(O)c(O)c(O)c(O)c4c4c(O)c(O)c(c(=O)n1O)c2c34. The molecule has 0 amide bonds. The quantitative estimate of drug-likeness (QED) is 0.0542. The average molecular weight is 431 g/mol. The molecule has 2 aromatic heterocycles. The number of benzene rings is 3. The predicted molar refractivity (Wildman–Crippen MR) is 101 cm³/mol. The first kappa shape index (κ1) is 18.1. The minimum atomic E-state index is -1.49. The Bertz CT molecular complexity index is 1730. The maximum absolute atomic E-state index is 12.4. The number of pyridine rings is 1. The molecule has 13 heteroatoms. The maximum Gasteiger partial charge on any atom is 0.298 e. The monoisotopic (exact) mass is 431 g/mol. The highest BCUT2D eigenvalue weighted by Gasteiger charge is 2.33. The van der Waals surface area contributed by atoms with Crippen molar-refractivity contribution in [1.29, 1.82) is 0 Å². The van der Waals surface area contributed by atoms with E-state index in [9.17, 15) is 55.6 Å². The smallest absolute Gasteiger partial charge is 0.298 e. The number of aromatic nitrogens is 1. The van der Waals surface area contributed by atoms with Crippen LogP contribution in [0.2, 0.25) is 0 Å². The maximum atomic E-state index is 12.4. The Morgan fingerprint density at radius 2 is 0.839 bits per heavy atom. The lowest BCUT2D eigenvalue weighted by Gasteiger charge is -2.18. The number of aromatic hydroxyl groups is 8. The molecule has 0 spiro atoms. The van der Waals surface area contributed by atoms with E-state index in [2.05, 4.69) is 0 Å². The fourth-order valence-electron chi connectivity index (χ4n) is 3.84. The van der Waals surface area contributed by atoms with Gasteiger partial charge in [0, 0.05) is 16.2 Å². The Labute approximate surface area is 166 Å². The summed E-state index contributed by atoms with van der Waals surface area (Å²) in [5.74, 6) is -9.37. The molecule has 3 aromatic carbocycles. The summed E-state index contributed by atoms with van der Waals surface area (Å²) >= 11 is 0. The molecule has 0 radical (unpaired) electrons. The van der Waals surface area contributed by atoms with Crippen LogP contribution in [-0.2, 0) is 0 Å². The van der Waals surface area contributed by atoms with E-state index in [1.807, 2.05) is 0 Å². The van der Waals surface area contributed by atoms with Gasteiger partial charge in [-0.3, -0.25) is 9.59 Å². The molecule has 0 bridgehead atoms. The third-order valence-electron chi connectivity index (χ3n) is 5.22. The molecule has 31 heavy (non-hydrogen) atoms. The summed E-state index contributed by atoms with van der Waals surface area (Å²) in [6.07, 6.45) is 0. The minimum Gasteiger partial charge on any atom is -0.504 e. The van der Waals surface area contributed by atoms with Gasteiger partial charge in [-0.2, -0.15) is 0 Å². The van der Waals surface area contributed by atoms with Gasteiger partial charge in [0.1, 0.15) is 0 Å². The van der Waals surface area contributed by atoms with Crippen LogP contribution in [0.3, 0.4) is 0 Å². The van der Waals surface area contributed by atoms with Gasteiger partial charge in [0.05, 0.1) is 16.2 Å². The molecule has 13 nitrogen and oxygen atoms in total. The highest BCUT2D eigenvalue weighted by atomic mass is 16.5. The summed E-state index contributed by atoms with van der Waals surface area (Å²) < 4.78 is 4.84. The fraction of sp³-hybridized carbons (Fsp3) is 0. The Balaban J connectivity index is 2.37. The fourth-order valence-corrected chi connectivity index (χ4v) is 3.84. The number of nitrogens with zero attached hydrogens (tertiary/aromatic N) is 1. The molecule has 0 aliphatic heterocycles. The summed E-state index contributed by atoms with van der Waals surface area (Å²) in [5, 5.41) is 87.7. The van der Waals surface area contributed by atoms with Gasteiger partial charge >= 0.3 is 0 Å². The van der Waals surface area contributed by atoms with Gasteiger partial charge in [-0.15, -0.1) is 4.73 Å². The third-order valence-corrected chi connectivity index (χ3v) is 5.22. The average Bonchev–Trinajstić information content (AvgIpc) is 2.75. The van der Waals surface area contributed by atoms with Crippen LogP contribution in [0.5, 0.6) is 46.0 Å². The zero-order valence-electron chi connectivity index (χ0n) is 14.7. The molecule has 0 unspecified atom stereocenters. The van der Waals surface area contributed by atoms with Gasteiger partial charge in [0.25, 0.3) is 11.1 Å². The van der Waals surface area contributed by atoms with Crippen LogP contribution >= 0.6 is 0 Å². The van der Waals surface area contributed by atoms with Crippen LogP contribution in [0.1, 0.15) is 0 Å². The highest BCUT2D eigenvalue weighted by Crippen LogP contribution is 2.57. The molecule has 0 atom stereocenters. The van der Waals surface area contributed by atoms with Crippen molar-refractivity contribution in [2.75, 3.05) is 0 Å². The number of phenols is 8. The van der Waals surface area contributed by atoms with E-state index in [1.54, 1.807) is 0 Å². The Kier molecular flexibility index (Phi) is 3.01. The van der Waals surface area contributed by atoms with Crippen molar-refractivity contribution in [1.82, 2.24) is 4.73 Å². The van der Waals surface area contributed by atoms with Crippen LogP contribution in [0.25, 0.3) is 43.5 Å². The van der Waals surface area contributed by atoms with E-state index < -0.39 is 105 Å². The Morgan fingerprint density at radius 3 is 1.42 bits per heavy atom. The minimum absolute atomic E-state index is 0.456. The predicted octanol–water partition coefficient (Wildman–Crippen LogP) is 0.734. The first-order valence-corrected chi connectivity index (χ1v) is 8.25. The van der Waals surface area contributed by atoms with Crippen molar-refractivity contribution >= 4 is 43.5 Å². The molecule has 0 saturated heterocycles. The number of rotatable bonds is 0. The van der Waals surface area contributed by atoms with Crippen LogP contribution in [-0.4, -0.2) is 50.8 Å². The van der Waals surface area contributed by atoms with Crippen molar-refractivity contribution in [3.05, 3.63) is 20.7 Å². The molecule has 5 aromatic rings. The Hall–Kier alpha value is -4.94. The van der Waals surface area contributed by atoms with Crippen molar-refractivity contribution in [2.24, 2.45) is 0 Å². The van der Waals surface area contributed by atoms with Gasteiger partial charge in [0.15, 0.2) is 34.2 Å². The standard InChI is InChI=1S/C18H9NO12/c20-7-2-3-1-5(9(7)22)17(28)19(30)18(29)6(1)10(23)13(26)15(3)31-16-4(2)8(21)11(24)12(25)14(16)27/h20-27,30H. The van der Waals surface area contributed by atoms with E-state index in [1.165, 1.54) is 0 Å². The zero-order valence-corrected chi connectivity index (χ0v) is 14.7. The van der Waals surface area contributed by atoms with Gasteiger partial charge < -0.3 is 50.5 Å². The molecule has 9 N–H and O–H groups in total. The van der Waals surface area contributed by atoms with Gasteiger partial charge in [-0.25, -0.2) is 0 Å². The van der Waals surface area contributed by atoms with E-state index in [4.69, 9.17) is 4.42 Å². The van der Waals surface area contributed by atoms with Gasteiger partial charge in [-0.1, -0.05) is 0 Å². The summed E-state index contributed by atoms with van der Waals surface area (Å²) in [6.45, 7) is 0. The Morgan fingerprint density at radius 1 is 0.452 bits per heavy atom. The van der Waals surface area contributed by atoms with E-state index >= 15 is 0 Å². The van der Waals surface area contributed by atoms with Gasteiger partial charge in [0.2, 0.25) is 23.0 Å². The first-order valence-electron chi connectivity index (χ1n) is 8.25. The molecule has 2 heterocycles. The summed E-state index contributed by atoms with van der Waals surface area (Å²) in [7, 11) is 0. The topological polar surface area (TPSA) is 234 Å². The number of hydrogen-bond donors (Lipinski definition) is 9. The lowest BCUT2D eigenvalue weighted by Crippen LogP contribution is -2.31. The lowest BCUT2D eigenvalue weighted by atomic mass is 9.93. The number of phenolic OH excluding ortho intramolecular Hbond substituents is 8. The highest BCUT2D eigenvalue weighted by molar-refractivity contribution is 6.33. The van der Waals surface area contributed by atoms with Crippen LogP contribution in [0, 0.1) is 0 Å². The largest absolute Gasteiger partial charge is 0.504 e. The first-order chi connectivity index (χ1) is 14.5. The molecule has 158 valence electrons. The summed E-state index contributed by atoms with van der Waals surface area (Å²) in [5.41, 5.74) is -4.51. The van der Waals surface area contributed by atoms with Crippen molar-refractivity contribution < 1.29 is 50.5 Å². The second-order valence-corrected chi connectivity index (χ2v) is 6.72. The van der Waals surface area contributed by atoms with Crippen LogP contribution in [0.15, 0.2) is 14.0 Å². The van der Waals surface area contributed by atoms with E-state index in [0.717, 1.165) is 0 Å². The summed E-state index contributed by atoms with van der Waals surface area (Å²) in [6, 6.07) is 0. The second kappa shape index (κ2) is 5.15. The summed E-state index contributed by atoms with van der Waals surface area (Å²) in [4.78, 5) is 24.8. The molecule has 0 aliphatic rings. The molecule has 0 saturated carbocycles. The molecule has 0 fully saturated rings. The lowest BCUT2D eigenvalue weighted by molar-refractivity contribution is 0.168. The number of hydrogen-bond acceptors (Lipinski definition) is 12. The zero-order chi connectivity index (χ0) is 22.7. The van der Waals surface area contributed by atoms with Gasteiger partial charge in [-0.05, 0) is 0 Å². The second-order valence-electron chi connectivity index (χ2n) is 6.72. The van der Waals surface area contributed by atoms with Crippen molar-refractivity contribution in [3.63, 3.8) is 0 Å². The number of fused-ring (bicyclic) bond motifs is 2. The molecular formula is C18H9NO12.